The van der Waals surface area contributed by atoms with E-state index in [4.69, 9.17) is 14.2 Å². The van der Waals surface area contributed by atoms with Crippen LogP contribution in [0.25, 0.3) is 16.8 Å². The van der Waals surface area contributed by atoms with Crippen molar-refractivity contribution >= 4 is 22.6 Å². The lowest BCUT2D eigenvalue weighted by molar-refractivity contribution is 0.174. The van der Waals surface area contributed by atoms with Gasteiger partial charge in [-0.05, 0) is 30.3 Å². The summed E-state index contributed by atoms with van der Waals surface area (Å²) < 4.78 is 16.1. The van der Waals surface area contributed by atoms with Crippen molar-refractivity contribution in [3.63, 3.8) is 0 Å². The van der Waals surface area contributed by atoms with Gasteiger partial charge in [0.1, 0.15) is 22.4 Å². The number of rotatable bonds is 5. The lowest BCUT2D eigenvalue weighted by Gasteiger charge is -2.07. The van der Waals surface area contributed by atoms with Crippen molar-refractivity contribution < 1.29 is 14.2 Å². The highest BCUT2D eigenvalue weighted by atomic mass is 32.1. The van der Waals surface area contributed by atoms with E-state index in [0.29, 0.717) is 22.1 Å². The van der Waals surface area contributed by atoms with Crippen LogP contribution in [-0.4, -0.2) is 18.9 Å². The van der Waals surface area contributed by atoms with Gasteiger partial charge < -0.3 is 19.5 Å². The van der Waals surface area contributed by atoms with Crippen LogP contribution >= 0.6 is 11.3 Å². The number of ether oxygens (including phenoxy) is 3. The van der Waals surface area contributed by atoms with Crippen LogP contribution in [0.15, 0.2) is 54.0 Å². The van der Waals surface area contributed by atoms with Crippen LogP contribution in [0.1, 0.15) is 5.01 Å². The van der Waals surface area contributed by atoms with Gasteiger partial charge in [0.05, 0.1) is 18.5 Å². The second-order valence-electron chi connectivity index (χ2n) is 5.62. The molecule has 0 aliphatic carbocycles. The van der Waals surface area contributed by atoms with Crippen LogP contribution in [0.3, 0.4) is 0 Å². The molecule has 1 N–H and O–H groups in total. The van der Waals surface area contributed by atoms with Crippen LogP contribution in [0.4, 0.5) is 5.69 Å². The summed E-state index contributed by atoms with van der Waals surface area (Å²) in [5, 5.41) is 15.2. The molecule has 1 aromatic heterocycles. The first-order valence-corrected chi connectivity index (χ1v) is 9.02. The Labute approximate surface area is 160 Å². The van der Waals surface area contributed by atoms with Crippen molar-refractivity contribution in [3.8, 4) is 34.6 Å². The molecule has 0 saturated carbocycles. The first-order chi connectivity index (χ1) is 13.3. The van der Waals surface area contributed by atoms with E-state index < -0.39 is 0 Å². The Morgan fingerprint density at radius 3 is 2.96 bits per heavy atom. The first-order valence-electron chi connectivity index (χ1n) is 8.14. The largest absolute Gasteiger partial charge is 0.495 e. The zero-order valence-corrected chi connectivity index (χ0v) is 15.2. The molecule has 27 heavy (non-hydrogen) atoms. The van der Waals surface area contributed by atoms with Crippen LogP contribution in [-0.2, 0) is 0 Å². The molecule has 134 valence electrons. The van der Waals surface area contributed by atoms with Crippen molar-refractivity contribution in [2.75, 3.05) is 19.2 Å². The highest BCUT2D eigenvalue weighted by Gasteiger charge is 2.16. The third kappa shape index (κ3) is 3.43. The Morgan fingerprint density at radius 1 is 1.26 bits per heavy atom. The van der Waals surface area contributed by atoms with E-state index in [-0.39, 0.29) is 6.79 Å². The Hall–Kier alpha value is -3.50. The maximum absolute atomic E-state index is 9.53. The lowest BCUT2D eigenvalue weighted by Crippen LogP contribution is -1.94. The fourth-order valence-electron chi connectivity index (χ4n) is 2.64. The van der Waals surface area contributed by atoms with E-state index in [0.717, 1.165) is 22.7 Å². The minimum absolute atomic E-state index is 0.233. The number of hydrogen-bond acceptors (Lipinski definition) is 7. The van der Waals surface area contributed by atoms with E-state index in [2.05, 4.69) is 16.4 Å². The quantitative estimate of drug-likeness (QED) is 0.659. The highest BCUT2D eigenvalue weighted by molar-refractivity contribution is 7.11. The lowest BCUT2D eigenvalue weighted by atomic mass is 10.1. The highest BCUT2D eigenvalue weighted by Crippen LogP contribution is 2.36. The van der Waals surface area contributed by atoms with Gasteiger partial charge in [-0.3, -0.25) is 0 Å². The average molecular weight is 377 g/mol. The molecule has 0 unspecified atom stereocenters. The molecule has 0 saturated heterocycles. The number of allylic oxidation sites excluding steroid dienone is 1. The number of nitrogens with zero attached hydrogens (tertiary/aromatic N) is 2. The monoisotopic (exact) mass is 377 g/mol. The van der Waals surface area contributed by atoms with E-state index in [1.807, 2.05) is 47.8 Å². The number of benzene rings is 2. The standard InChI is InChI=1S/C20H15N3O3S/c1-24-17-5-3-2-4-15(17)22-10-14(9-21)20-23-16(11-27-20)13-6-7-18-19(8-13)26-12-25-18/h2-8,10-11,22H,12H2,1H3/b14-10+. The second kappa shape index (κ2) is 7.40. The predicted octanol–water partition coefficient (Wildman–Crippen LogP) is 4.52. The van der Waals surface area contributed by atoms with Gasteiger partial charge in [0.25, 0.3) is 0 Å². The van der Waals surface area contributed by atoms with E-state index in [9.17, 15) is 5.26 Å². The molecule has 0 bridgehead atoms. The van der Waals surface area contributed by atoms with Gasteiger partial charge in [-0.1, -0.05) is 12.1 Å². The van der Waals surface area contributed by atoms with Crippen LogP contribution in [0, 0.1) is 11.3 Å². The summed E-state index contributed by atoms with van der Waals surface area (Å²) >= 11 is 1.41. The molecule has 2 aromatic carbocycles. The minimum Gasteiger partial charge on any atom is -0.495 e. The van der Waals surface area contributed by atoms with Gasteiger partial charge in [-0.15, -0.1) is 11.3 Å². The summed E-state index contributed by atoms with van der Waals surface area (Å²) in [6.45, 7) is 0.233. The Balaban J connectivity index is 1.58. The number of fused-ring (bicyclic) bond motifs is 1. The summed E-state index contributed by atoms with van der Waals surface area (Å²) in [7, 11) is 1.61. The molecule has 1 aliphatic heterocycles. The normalized spacial score (nSPS) is 12.5. The molecule has 3 aromatic rings. The van der Waals surface area contributed by atoms with E-state index in [1.54, 1.807) is 13.3 Å². The van der Waals surface area contributed by atoms with Crippen molar-refractivity contribution in [2.24, 2.45) is 0 Å². The summed E-state index contributed by atoms with van der Waals surface area (Å²) in [5.41, 5.74) is 2.92. The number of anilines is 1. The smallest absolute Gasteiger partial charge is 0.231 e. The number of hydrogen-bond donors (Lipinski definition) is 1. The van der Waals surface area contributed by atoms with Crippen LogP contribution < -0.4 is 19.5 Å². The molecular weight excluding hydrogens is 362 g/mol. The number of nitriles is 1. The van der Waals surface area contributed by atoms with Gasteiger partial charge in [-0.25, -0.2) is 4.98 Å². The summed E-state index contributed by atoms with van der Waals surface area (Å²) in [4.78, 5) is 4.59. The van der Waals surface area contributed by atoms with Crippen molar-refractivity contribution in [1.29, 1.82) is 5.26 Å². The van der Waals surface area contributed by atoms with Crippen molar-refractivity contribution in [3.05, 3.63) is 59.1 Å². The fourth-order valence-corrected chi connectivity index (χ4v) is 3.44. The molecule has 6 nitrogen and oxygen atoms in total. The van der Waals surface area contributed by atoms with Crippen molar-refractivity contribution in [2.45, 2.75) is 0 Å². The predicted molar refractivity (Wildman–Crippen MR) is 104 cm³/mol. The number of methoxy groups -OCH3 is 1. The maximum atomic E-state index is 9.53. The van der Waals surface area contributed by atoms with Crippen LogP contribution in [0.2, 0.25) is 0 Å². The molecule has 0 spiro atoms. The zero-order chi connectivity index (χ0) is 18.6. The number of thiazole rings is 1. The fraction of sp³-hybridized carbons (Fsp3) is 0.100. The molecule has 1 aliphatic rings. The van der Waals surface area contributed by atoms with Crippen LogP contribution in [0.5, 0.6) is 17.2 Å². The van der Waals surface area contributed by atoms with Crippen molar-refractivity contribution in [1.82, 2.24) is 4.98 Å². The maximum Gasteiger partial charge on any atom is 0.231 e. The third-order valence-electron chi connectivity index (χ3n) is 4.00. The Kier molecular flexibility index (Phi) is 4.64. The second-order valence-corrected chi connectivity index (χ2v) is 6.48. The zero-order valence-electron chi connectivity index (χ0n) is 14.4. The Morgan fingerprint density at radius 2 is 2.11 bits per heavy atom. The molecule has 2 heterocycles. The molecular formula is C20H15N3O3S. The summed E-state index contributed by atoms with van der Waals surface area (Å²) in [5.74, 6) is 2.13. The minimum atomic E-state index is 0.233. The molecule has 0 amide bonds. The van der Waals surface area contributed by atoms with E-state index >= 15 is 0 Å². The van der Waals surface area contributed by atoms with E-state index in [1.165, 1.54) is 11.3 Å². The van der Waals surface area contributed by atoms with Gasteiger partial charge >= 0.3 is 0 Å². The Bertz CT molecular complexity index is 1050. The SMILES string of the molecule is COc1ccccc1N/C=C(\C#N)c1nc(-c2ccc3c(c2)OCO3)cs1. The summed E-state index contributed by atoms with van der Waals surface area (Å²) in [6.07, 6.45) is 1.64. The van der Waals surface area contributed by atoms with Gasteiger partial charge in [0.2, 0.25) is 6.79 Å². The number of aromatic nitrogens is 1. The summed E-state index contributed by atoms with van der Waals surface area (Å²) in [6, 6.07) is 15.4. The number of para-hydroxylation sites is 2. The molecule has 0 atom stereocenters. The number of nitrogens with one attached hydrogen (secondary N) is 1. The molecule has 4 rings (SSSR count). The third-order valence-corrected chi connectivity index (χ3v) is 4.88. The molecule has 7 heteroatoms. The molecule has 0 radical (unpaired) electrons. The van der Waals surface area contributed by atoms with Gasteiger partial charge in [0.15, 0.2) is 11.5 Å². The topological polar surface area (TPSA) is 76.4 Å². The van der Waals surface area contributed by atoms with Gasteiger partial charge in [0, 0.05) is 17.1 Å². The average Bonchev–Trinajstić information content (AvgIpc) is 3.38. The first kappa shape index (κ1) is 16.9. The van der Waals surface area contributed by atoms with Gasteiger partial charge in [-0.2, -0.15) is 5.26 Å². The molecule has 0 fully saturated rings.